The van der Waals surface area contributed by atoms with Crippen LogP contribution in [0.15, 0.2) is 60.7 Å². The number of aryl methyl sites for hydroxylation is 1. The number of ether oxygens (including phenoxy) is 2. The minimum atomic E-state index is -0.444. The average molecular weight is 706 g/mol. The van der Waals surface area contributed by atoms with E-state index in [0.717, 1.165) is 47.1 Å². The summed E-state index contributed by atoms with van der Waals surface area (Å²) in [4.78, 5) is 36.6. The van der Waals surface area contributed by atoms with Crippen molar-refractivity contribution in [1.82, 2.24) is 0 Å². The number of carbonyl (C=O) groups is 3. The molecular weight excluding hydrogens is 669 g/mol. The number of amides is 2. The van der Waals surface area contributed by atoms with Crippen molar-refractivity contribution in [2.45, 2.75) is 38.2 Å². The van der Waals surface area contributed by atoms with Crippen LogP contribution in [0.25, 0.3) is 11.1 Å². The first-order valence-corrected chi connectivity index (χ1v) is 14.2. The van der Waals surface area contributed by atoms with Gasteiger partial charge in [-0.15, -0.1) is 0 Å². The van der Waals surface area contributed by atoms with Gasteiger partial charge in [-0.1, -0.05) is 48.0 Å². The number of nitrogens with one attached hydrogen (secondary N) is 2. The molecule has 1 fully saturated rings. The predicted octanol–water partition coefficient (Wildman–Crippen LogP) is 3.58. The zero-order valence-electron chi connectivity index (χ0n) is 24.1. The summed E-state index contributed by atoms with van der Waals surface area (Å²) < 4.78 is 11.9. The lowest BCUT2D eigenvalue weighted by atomic mass is 9.98. The van der Waals surface area contributed by atoms with Gasteiger partial charge in [0.2, 0.25) is 5.91 Å². The second kappa shape index (κ2) is 15.4. The number of hydrogen-bond acceptors (Lipinski definition) is 5. The number of aldehydes is 1. The van der Waals surface area contributed by atoms with Crippen LogP contribution in [0.1, 0.15) is 41.6 Å². The van der Waals surface area contributed by atoms with Gasteiger partial charge in [-0.3, -0.25) is 14.9 Å². The summed E-state index contributed by atoms with van der Waals surface area (Å²) in [6.07, 6.45) is 3.37. The summed E-state index contributed by atoms with van der Waals surface area (Å²) in [6, 6.07) is 18.8. The normalized spacial score (nSPS) is 14.3. The quantitative estimate of drug-likeness (QED) is 0.191. The lowest BCUT2D eigenvalue weighted by Crippen LogP contribution is -3.00. The zero-order valence-corrected chi connectivity index (χ0v) is 27.0. The van der Waals surface area contributed by atoms with Crippen LogP contribution in [-0.2, 0) is 16.0 Å². The van der Waals surface area contributed by atoms with E-state index in [0.29, 0.717) is 41.8 Å². The maximum absolute atomic E-state index is 12.8. The molecule has 1 saturated heterocycles. The number of methoxy groups -OCH3 is 1. The minimum absolute atomic E-state index is 0. The molecule has 0 bridgehead atoms. The van der Waals surface area contributed by atoms with Crippen molar-refractivity contribution in [3.63, 3.8) is 0 Å². The molecule has 3 aromatic rings. The molecule has 0 radical (unpaired) electrons. The zero-order chi connectivity index (χ0) is 29.4. The van der Waals surface area contributed by atoms with Crippen LogP contribution in [0.4, 0.5) is 16.2 Å². The van der Waals surface area contributed by atoms with Gasteiger partial charge in [0, 0.05) is 30.9 Å². The number of piperidine rings is 1. The van der Waals surface area contributed by atoms with Gasteiger partial charge in [0.15, 0.2) is 6.29 Å². The Balaban J connectivity index is 0.00000484. The number of carbonyl (C=O) groups excluding carboxylic acids is 3. The van der Waals surface area contributed by atoms with Gasteiger partial charge in [0.05, 0.1) is 56.3 Å². The SMILES string of the molecule is COc1cc(NC(=O)CCCc2ccc(NC(=O)OC3CC[N+](C)(C)CC3)c(-c3ccccc3)c2)c(Cl)cc1C=O.[I-]. The second-order valence-electron chi connectivity index (χ2n) is 11.0. The first kappa shape index (κ1) is 33.4. The minimum Gasteiger partial charge on any atom is -1.00 e. The highest BCUT2D eigenvalue weighted by molar-refractivity contribution is 6.34. The van der Waals surface area contributed by atoms with Crippen molar-refractivity contribution < 1.29 is 52.3 Å². The molecule has 0 spiro atoms. The van der Waals surface area contributed by atoms with Gasteiger partial charge < -0.3 is 43.3 Å². The molecule has 0 unspecified atom stereocenters. The van der Waals surface area contributed by atoms with Crippen LogP contribution < -0.4 is 39.3 Å². The van der Waals surface area contributed by atoms with E-state index in [1.165, 1.54) is 13.2 Å². The maximum atomic E-state index is 12.8. The monoisotopic (exact) mass is 705 g/mol. The Morgan fingerprint density at radius 1 is 1.00 bits per heavy atom. The van der Waals surface area contributed by atoms with Crippen LogP contribution in [0.3, 0.4) is 0 Å². The Morgan fingerprint density at radius 3 is 2.38 bits per heavy atom. The van der Waals surface area contributed by atoms with E-state index in [1.54, 1.807) is 6.07 Å². The van der Waals surface area contributed by atoms with E-state index in [9.17, 15) is 14.4 Å². The first-order valence-electron chi connectivity index (χ1n) is 13.8. The van der Waals surface area contributed by atoms with Crippen LogP contribution >= 0.6 is 11.6 Å². The van der Waals surface area contributed by atoms with E-state index in [4.69, 9.17) is 21.1 Å². The molecule has 1 aliphatic rings. The lowest BCUT2D eigenvalue weighted by Gasteiger charge is -2.36. The summed E-state index contributed by atoms with van der Waals surface area (Å²) >= 11 is 6.23. The number of halogens is 2. The Bertz CT molecular complexity index is 1390. The van der Waals surface area contributed by atoms with Gasteiger partial charge in [0.1, 0.15) is 11.9 Å². The van der Waals surface area contributed by atoms with Crippen molar-refractivity contribution in [2.24, 2.45) is 0 Å². The molecule has 4 rings (SSSR count). The molecule has 10 heteroatoms. The van der Waals surface area contributed by atoms with E-state index < -0.39 is 6.09 Å². The van der Waals surface area contributed by atoms with Gasteiger partial charge in [-0.05, 0) is 42.2 Å². The molecule has 42 heavy (non-hydrogen) atoms. The maximum Gasteiger partial charge on any atom is 0.411 e. The molecule has 1 aliphatic heterocycles. The summed E-state index contributed by atoms with van der Waals surface area (Å²) in [5.41, 5.74) is 4.29. The summed E-state index contributed by atoms with van der Waals surface area (Å²) in [5.74, 6) is 0.148. The number of likely N-dealkylation sites (tertiary alicyclic amines) is 1. The van der Waals surface area contributed by atoms with Crippen LogP contribution in [0.2, 0.25) is 5.02 Å². The number of quaternary nitrogens is 1. The molecular formula is C32H37ClIN3O5. The van der Waals surface area contributed by atoms with Crippen molar-refractivity contribution in [3.05, 3.63) is 76.8 Å². The van der Waals surface area contributed by atoms with Crippen molar-refractivity contribution >= 4 is 41.3 Å². The number of benzene rings is 3. The van der Waals surface area contributed by atoms with Crippen LogP contribution in [0.5, 0.6) is 5.75 Å². The number of rotatable bonds is 10. The third-order valence-corrected chi connectivity index (χ3v) is 7.69. The first-order chi connectivity index (χ1) is 19.7. The summed E-state index contributed by atoms with van der Waals surface area (Å²) in [5, 5.41) is 6.02. The summed E-state index contributed by atoms with van der Waals surface area (Å²) in [7, 11) is 5.84. The highest BCUT2D eigenvalue weighted by Crippen LogP contribution is 2.32. The Morgan fingerprint density at radius 2 is 1.71 bits per heavy atom. The van der Waals surface area contributed by atoms with Crippen molar-refractivity contribution in [2.75, 3.05) is 44.9 Å². The molecule has 2 N–H and O–H groups in total. The van der Waals surface area contributed by atoms with Crippen LogP contribution in [0, 0.1) is 0 Å². The van der Waals surface area contributed by atoms with Crippen molar-refractivity contribution in [1.29, 1.82) is 0 Å². The molecule has 8 nitrogen and oxygen atoms in total. The molecule has 0 atom stereocenters. The highest BCUT2D eigenvalue weighted by Gasteiger charge is 2.28. The van der Waals surface area contributed by atoms with E-state index in [1.807, 2.05) is 48.5 Å². The molecule has 2 amide bonds. The number of hydrogen-bond donors (Lipinski definition) is 2. The standard InChI is InChI=1S/C32H36ClN3O5.HI/c1-36(2)16-14-25(15-17-36)41-32(39)35-28-13-12-22(18-26(28)23-9-5-4-6-10-23)8-7-11-31(38)34-29-20-30(40-3)24(21-37)19-27(29)33;/h4-6,9-10,12-13,18-21,25H,7-8,11,14-17H2,1-3H3,(H-,34,35,37,38,39);1H. The summed E-state index contributed by atoms with van der Waals surface area (Å²) in [6.45, 7) is 1.96. The fraction of sp³-hybridized carbons (Fsp3) is 0.344. The van der Waals surface area contributed by atoms with Crippen LogP contribution in [-0.4, -0.2) is 63.2 Å². The highest BCUT2D eigenvalue weighted by atomic mass is 127. The molecule has 224 valence electrons. The fourth-order valence-corrected chi connectivity index (χ4v) is 5.18. The van der Waals surface area contributed by atoms with Gasteiger partial charge >= 0.3 is 6.09 Å². The second-order valence-corrected chi connectivity index (χ2v) is 11.4. The smallest absolute Gasteiger partial charge is 0.411 e. The average Bonchev–Trinajstić information content (AvgIpc) is 2.96. The van der Waals surface area contributed by atoms with Gasteiger partial charge in [-0.25, -0.2) is 4.79 Å². The number of anilines is 2. The molecule has 0 aliphatic carbocycles. The Hall–Kier alpha value is -3.15. The van der Waals surface area contributed by atoms with Gasteiger partial charge in [0.25, 0.3) is 0 Å². The molecule has 1 heterocycles. The Labute approximate surface area is 269 Å². The van der Waals surface area contributed by atoms with Crippen molar-refractivity contribution in [3.8, 4) is 16.9 Å². The predicted molar refractivity (Wildman–Crippen MR) is 162 cm³/mol. The van der Waals surface area contributed by atoms with E-state index in [2.05, 4.69) is 24.7 Å². The third-order valence-electron chi connectivity index (χ3n) is 7.38. The van der Waals surface area contributed by atoms with E-state index in [-0.39, 0.29) is 47.4 Å². The topological polar surface area (TPSA) is 93.7 Å². The third kappa shape index (κ3) is 9.17. The molecule has 0 aromatic heterocycles. The molecule has 0 saturated carbocycles. The fourth-order valence-electron chi connectivity index (χ4n) is 4.96. The number of nitrogens with zero attached hydrogens (tertiary/aromatic N) is 1. The van der Waals surface area contributed by atoms with E-state index >= 15 is 0 Å². The van der Waals surface area contributed by atoms with Gasteiger partial charge in [-0.2, -0.15) is 0 Å². The largest absolute Gasteiger partial charge is 1.00 e. The lowest BCUT2D eigenvalue weighted by molar-refractivity contribution is -0.896. The molecule has 3 aromatic carbocycles. The Kier molecular flexibility index (Phi) is 12.2.